The highest BCUT2D eigenvalue weighted by molar-refractivity contribution is 6.32. The van der Waals surface area contributed by atoms with Crippen molar-refractivity contribution in [1.29, 1.82) is 0 Å². The molecule has 0 radical (unpaired) electrons. The van der Waals surface area contributed by atoms with Crippen LogP contribution in [0.3, 0.4) is 0 Å². The van der Waals surface area contributed by atoms with Crippen molar-refractivity contribution in [1.82, 2.24) is 9.80 Å². The number of hydrogen-bond donors (Lipinski definition) is 0. The Kier molecular flexibility index (Phi) is 9.65. The lowest BCUT2D eigenvalue weighted by Gasteiger charge is -2.43. The number of carbonyl (C=O) groups excluding carboxylic acids is 3. The Morgan fingerprint density at radius 1 is 0.773 bits per heavy atom. The van der Waals surface area contributed by atoms with Crippen LogP contribution in [0.4, 0.5) is 4.79 Å². The number of halogens is 1. The van der Waals surface area contributed by atoms with Crippen molar-refractivity contribution in [2.45, 2.75) is 141 Å². The first-order valence-electron chi connectivity index (χ1n) is 17.2. The van der Waals surface area contributed by atoms with E-state index in [0.29, 0.717) is 10.8 Å². The summed E-state index contributed by atoms with van der Waals surface area (Å²) in [5.74, 6) is -0.440. The number of imide groups is 2. The summed E-state index contributed by atoms with van der Waals surface area (Å²) >= 11 is 6.45. The Bertz CT molecular complexity index is 1390. The average molecular weight is 619 g/mol. The van der Waals surface area contributed by atoms with Crippen molar-refractivity contribution in [3.63, 3.8) is 0 Å². The molecule has 0 unspecified atom stereocenters. The summed E-state index contributed by atoms with van der Waals surface area (Å²) in [6.07, 6.45) is 15.1. The Balaban J connectivity index is 1.58. The Hall–Kier alpha value is -2.86. The smallest absolute Gasteiger partial charge is 0.334 e. The van der Waals surface area contributed by atoms with E-state index in [-0.39, 0.29) is 29.7 Å². The molecule has 1 atom stereocenters. The number of urea groups is 1. The first kappa shape index (κ1) is 31.1. The number of fused-ring (bicyclic) bond motifs is 1. The van der Waals surface area contributed by atoms with Gasteiger partial charge in [0.05, 0.1) is 6.10 Å². The summed E-state index contributed by atoms with van der Waals surface area (Å²) in [4.78, 5) is 46.5. The number of benzene rings is 2. The minimum Gasteiger partial charge on any atom is -0.489 e. The quantitative estimate of drug-likeness (QED) is 0.176. The van der Waals surface area contributed by atoms with Gasteiger partial charge in [-0.05, 0) is 98.2 Å². The van der Waals surface area contributed by atoms with E-state index in [1.807, 2.05) is 18.2 Å². The van der Waals surface area contributed by atoms with Gasteiger partial charge in [-0.15, -0.1) is 0 Å². The number of barbiturate groups is 1. The lowest BCUT2D eigenvalue weighted by molar-refractivity contribution is -0.139. The molecule has 3 saturated carbocycles. The molecule has 6 nitrogen and oxygen atoms in total. The SMILES string of the molecule is CC[C@H](C)c1cc2ccc(Cl)cc2cc1C(OC1CCCCC1)=C1C(=O)N(C2CCCCC2)C(=O)N(C2CCCCC2)C1=O. The molecular weight excluding hydrogens is 572 g/mol. The molecule has 2 aromatic rings. The minimum atomic E-state index is -0.480. The maximum absolute atomic E-state index is 14.7. The molecule has 3 aliphatic carbocycles. The van der Waals surface area contributed by atoms with Crippen LogP contribution in [-0.4, -0.2) is 45.8 Å². The van der Waals surface area contributed by atoms with Crippen molar-refractivity contribution in [2.75, 3.05) is 0 Å². The Labute approximate surface area is 267 Å². The van der Waals surface area contributed by atoms with Crippen LogP contribution < -0.4 is 0 Å². The van der Waals surface area contributed by atoms with Crippen LogP contribution in [0.25, 0.3) is 16.5 Å². The van der Waals surface area contributed by atoms with Crippen molar-refractivity contribution < 1.29 is 19.1 Å². The fourth-order valence-corrected chi connectivity index (χ4v) is 8.04. The van der Waals surface area contributed by atoms with Crippen LogP contribution >= 0.6 is 11.6 Å². The fourth-order valence-electron chi connectivity index (χ4n) is 7.86. The first-order chi connectivity index (χ1) is 21.4. The molecule has 1 heterocycles. The normalized spacial score (nSPS) is 22.2. The molecule has 7 heteroatoms. The molecule has 0 spiro atoms. The van der Waals surface area contributed by atoms with E-state index in [9.17, 15) is 14.4 Å². The molecule has 0 aromatic heterocycles. The number of hydrogen-bond acceptors (Lipinski definition) is 4. The van der Waals surface area contributed by atoms with Gasteiger partial charge in [0.1, 0.15) is 11.3 Å². The molecule has 2 aromatic carbocycles. The third-order valence-corrected chi connectivity index (χ3v) is 10.8. The van der Waals surface area contributed by atoms with Crippen LogP contribution in [0.1, 0.15) is 134 Å². The van der Waals surface area contributed by atoms with Gasteiger partial charge in [0.25, 0.3) is 11.8 Å². The van der Waals surface area contributed by atoms with Gasteiger partial charge in [0.15, 0.2) is 0 Å². The standard InChI is InChI=1S/C37H47ClN2O4/c1-3-24(2)31-22-25-19-20-27(38)21-26(25)23-32(31)34(44-30-17-11-6-12-18-30)33-35(41)39(28-13-7-4-8-14-28)37(43)40(36(33)42)29-15-9-5-10-16-29/h19-24,28-30H,3-18H2,1-2H3/t24-/m0/s1. The highest BCUT2D eigenvalue weighted by Crippen LogP contribution is 2.41. The number of nitrogens with zero attached hydrogens (tertiary/aromatic N) is 2. The van der Waals surface area contributed by atoms with Gasteiger partial charge in [-0.3, -0.25) is 19.4 Å². The number of ether oxygens (including phenoxy) is 1. The van der Waals surface area contributed by atoms with Crippen LogP contribution in [0, 0.1) is 0 Å². The summed E-state index contributed by atoms with van der Waals surface area (Å²) in [5.41, 5.74) is 1.86. The maximum Gasteiger partial charge on any atom is 0.334 e. The predicted octanol–water partition coefficient (Wildman–Crippen LogP) is 9.52. The van der Waals surface area contributed by atoms with E-state index >= 15 is 0 Å². The summed E-state index contributed by atoms with van der Waals surface area (Å²) in [6, 6.07) is 9.25. The van der Waals surface area contributed by atoms with Crippen molar-refractivity contribution in [3.05, 3.63) is 52.1 Å². The first-order valence-corrected chi connectivity index (χ1v) is 17.6. The molecule has 0 bridgehead atoms. The molecule has 236 valence electrons. The van der Waals surface area contributed by atoms with Crippen molar-refractivity contribution in [3.8, 4) is 0 Å². The summed E-state index contributed by atoms with van der Waals surface area (Å²) in [5, 5.41) is 2.62. The largest absolute Gasteiger partial charge is 0.489 e. The number of rotatable bonds is 7. The van der Waals surface area contributed by atoms with E-state index in [4.69, 9.17) is 16.3 Å². The third-order valence-electron chi connectivity index (χ3n) is 10.6. The van der Waals surface area contributed by atoms with Gasteiger partial charge in [-0.2, -0.15) is 0 Å². The van der Waals surface area contributed by atoms with Gasteiger partial charge in [-0.25, -0.2) is 4.79 Å². The van der Waals surface area contributed by atoms with Crippen molar-refractivity contribution >= 4 is 46.0 Å². The predicted molar refractivity (Wildman–Crippen MR) is 175 cm³/mol. The summed E-state index contributed by atoms with van der Waals surface area (Å²) < 4.78 is 6.92. The van der Waals surface area contributed by atoms with E-state index in [1.54, 1.807) is 0 Å². The van der Waals surface area contributed by atoms with E-state index in [1.165, 1.54) is 9.80 Å². The lowest BCUT2D eigenvalue weighted by Crippen LogP contribution is -2.62. The zero-order valence-corrected chi connectivity index (χ0v) is 27.2. The monoisotopic (exact) mass is 618 g/mol. The van der Waals surface area contributed by atoms with Gasteiger partial charge in [0.2, 0.25) is 0 Å². The van der Waals surface area contributed by atoms with Crippen molar-refractivity contribution in [2.24, 2.45) is 0 Å². The lowest BCUT2D eigenvalue weighted by atomic mass is 9.87. The van der Waals surface area contributed by atoms with Gasteiger partial charge in [0, 0.05) is 22.7 Å². The zero-order chi connectivity index (χ0) is 30.8. The number of amides is 4. The second kappa shape index (κ2) is 13.6. The summed E-state index contributed by atoms with van der Waals surface area (Å²) in [6.45, 7) is 4.33. The van der Waals surface area contributed by atoms with Crippen LogP contribution in [0.5, 0.6) is 0 Å². The highest BCUT2D eigenvalue weighted by Gasteiger charge is 2.50. The molecule has 1 saturated heterocycles. The van der Waals surface area contributed by atoms with Gasteiger partial charge >= 0.3 is 6.03 Å². The maximum atomic E-state index is 14.7. The molecule has 4 aliphatic rings. The van der Waals surface area contributed by atoms with E-state index in [2.05, 4.69) is 26.0 Å². The third kappa shape index (κ3) is 6.16. The molecule has 4 amide bonds. The van der Waals surface area contributed by atoms with Crippen LogP contribution in [0.15, 0.2) is 35.9 Å². The molecule has 44 heavy (non-hydrogen) atoms. The molecule has 6 rings (SSSR count). The Morgan fingerprint density at radius 3 is 1.86 bits per heavy atom. The highest BCUT2D eigenvalue weighted by atomic mass is 35.5. The fraction of sp³-hybridized carbons (Fsp3) is 0.595. The Morgan fingerprint density at radius 2 is 1.32 bits per heavy atom. The molecule has 4 fully saturated rings. The minimum absolute atomic E-state index is 0.0391. The topological polar surface area (TPSA) is 66.9 Å². The van der Waals surface area contributed by atoms with Crippen LogP contribution in [-0.2, 0) is 14.3 Å². The van der Waals surface area contributed by atoms with E-state index < -0.39 is 17.8 Å². The van der Waals surface area contributed by atoms with E-state index in [0.717, 1.165) is 125 Å². The number of carbonyl (C=O) groups is 3. The molecule has 1 aliphatic heterocycles. The average Bonchev–Trinajstić information content (AvgIpc) is 3.05. The zero-order valence-electron chi connectivity index (χ0n) is 26.4. The molecule has 0 N–H and O–H groups in total. The second-order valence-electron chi connectivity index (χ2n) is 13.5. The van der Waals surface area contributed by atoms with Gasteiger partial charge in [-0.1, -0.05) is 82.5 Å². The second-order valence-corrected chi connectivity index (χ2v) is 14.0. The van der Waals surface area contributed by atoms with Gasteiger partial charge < -0.3 is 4.74 Å². The molecular formula is C37H47ClN2O4. The summed E-state index contributed by atoms with van der Waals surface area (Å²) in [7, 11) is 0. The van der Waals surface area contributed by atoms with Crippen LogP contribution in [0.2, 0.25) is 5.02 Å².